The molecule has 3 fully saturated rings. The number of nitrogens with zero attached hydrogens (tertiary/aromatic N) is 1. The molecule has 2 saturated heterocycles. The fourth-order valence-electron chi connectivity index (χ4n) is 7.70. The van der Waals surface area contributed by atoms with E-state index in [1.807, 2.05) is 67.6 Å². The fourth-order valence-corrected chi connectivity index (χ4v) is 7.70. The largest absolute Gasteiger partial charge is 0.508 e. The van der Waals surface area contributed by atoms with Crippen LogP contribution in [0.4, 0.5) is 5.69 Å². The predicted molar refractivity (Wildman–Crippen MR) is 150 cm³/mol. The van der Waals surface area contributed by atoms with Crippen LogP contribution >= 0.6 is 0 Å². The van der Waals surface area contributed by atoms with E-state index in [0.717, 1.165) is 21.7 Å². The molecular weight excluding hydrogens is 518 g/mol. The summed E-state index contributed by atoms with van der Waals surface area (Å²) in [4.78, 5) is 55.0. The summed E-state index contributed by atoms with van der Waals surface area (Å²) in [6, 6.07) is 23.6. The number of anilines is 1. The van der Waals surface area contributed by atoms with Crippen LogP contribution < -0.4 is 10.7 Å². The van der Waals surface area contributed by atoms with Gasteiger partial charge in [-0.15, -0.1) is 0 Å². The molecular formula is C33H29N3O5. The lowest BCUT2D eigenvalue weighted by Crippen LogP contribution is -2.53. The van der Waals surface area contributed by atoms with Crippen molar-refractivity contribution in [3.05, 3.63) is 107 Å². The summed E-state index contributed by atoms with van der Waals surface area (Å²) in [6.07, 6.45) is 2.65. The number of hydrazine groups is 1. The van der Waals surface area contributed by atoms with Gasteiger partial charge in [0.2, 0.25) is 11.8 Å². The molecule has 41 heavy (non-hydrogen) atoms. The summed E-state index contributed by atoms with van der Waals surface area (Å²) in [7, 11) is 0. The first-order chi connectivity index (χ1) is 19.8. The van der Waals surface area contributed by atoms with Crippen molar-refractivity contribution in [2.24, 2.45) is 23.7 Å². The van der Waals surface area contributed by atoms with Gasteiger partial charge in [0.25, 0.3) is 11.8 Å². The number of allylic oxidation sites excluding steroid dienone is 2. The number of aryl methyl sites for hydroxylation is 1. The summed E-state index contributed by atoms with van der Waals surface area (Å²) in [5.74, 6) is -4.13. The standard InChI is InChI=1S/C33H29N3O5/c1-18-7-11-21(12-8-18)35-36-31(40)26-17-25-23(15-16-24-27(25)30(39)34-29(24)38)28(19-9-13-22(37)14-10-19)33(26,32(36)41)20-5-3-2-4-6-20/h2-15,24-28,35,37H,16-17H2,1H3,(H,34,38,39)/t24-,25+,26-,27-,28-,33+/m0/s1. The molecule has 0 spiro atoms. The van der Waals surface area contributed by atoms with Gasteiger partial charge in [0.15, 0.2) is 0 Å². The van der Waals surface area contributed by atoms with Gasteiger partial charge in [0.1, 0.15) is 5.75 Å². The van der Waals surface area contributed by atoms with Crippen molar-refractivity contribution in [1.29, 1.82) is 0 Å². The van der Waals surface area contributed by atoms with E-state index in [9.17, 15) is 24.3 Å². The minimum Gasteiger partial charge on any atom is -0.508 e. The van der Waals surface area contributed by atoms with E-state index in [2.05, 4.69) is 10.7 Å². The number of nitrogens with one attached hydrogen (secondary N) is 2. The predicted octanol–water partition coefficient (Wildman–Crippen LogP) is 3.97. The molecule has 0 radical (unpaired) electrons. The lowest BCUT2D eigenvalue weighted by atomic mass is 9.49. The molecule has 1 saturated carbocycles. The number of aromatic hydroxyl groups is 1. The second kappa shape index (κ2) is 9.16. The average Bonchev–Trinajstić information content (AvgIpc) is 3.39. The Morgan fingerprint density at radius 1 is 0.878 bits per heavy atom. The highest BCUT2D eigenvalue weighted by atomic mass is 16.3. The molecule has 8 nitrogen and oxygen atoms in total. The minimum absolute atomic E-state index is 0.0846. The van der Waals surface area contributed by atoms with Gasteiger partial charge < -0.3 is 5.11 Å². The number of fused-ring (bicyclic) bond motifs is 4. The number of amides is 4. The highest BCUT2D eigenvalue weighted by molar-refractivity contribution is 6.13. The van der Waals surface area contributed by atoms with Crippen LogP contribution in [0.25, 0.3) is 0 Å². The molecule has 3 N–H and O–H groups in total. The van der Waals surface area contributed by atoms with E-state index in [0.29, 0.717) is 17.7 Å². The summed E-state index contributed by atoms with van der Waals surface area (Å²) in [6.45, 7) is 1.96. The maximum absolute atomic E-state index is 14.8. The number of hydrogen-bond donors (Lipinski definition) is 3. The quantitative estimate of drug-likeness (QED) is 0.336. The lowest BCUT2D eigenvalue weighted by Gasteiger charge is -2.50. The normalized spacial score (nSPS) is 30.3. The molecule has 4 amide bonds. The van der Waals surface area contributed by atoms with Crippen molar-refractivity contribution >= 4 is 29.3 Å². The van der Waals surface area contributed by atoms with Crippen molar-refractivity contribution in [3.8, 4) is 5.75 Å². The first kappa shape index (κ1) is 25.3. The lowest BCUT2D eigenvalue weighted by molar-refractivity contribution is -0.138. The van der Waals surface area contributed by atoms with Crippen LogP contribution in [0.3, 0.4) is 0 Å². The van der Waals surface area contributed by atoms with E-state index >= 15 is 0 Å². The second-order valence-electron chi connectivity index (χ2n) is 11.5. The molecule has 0 unspecified atom stereocenters. The zero-order valence-electron chi connectivity index (χ0n) is 22.4. The van der Waals surface area contributed by atoms with E-state index in [1.165, 1.54) is 0 Å². The molecule has 7 rings (SSSR count). The van der Waals surface area contributed by atoms with Gasteiger partial charge in [-0.2, -0.15) is 5.01 Å². The van der Waals surface area contributed by atoms with Crippen molar-refractivity contribution < 1.29 is 24.3 Å². The van der Waals surface area contributed by atoms with Crippen LogP contribution in [-0.4, -0.2) is 33.7 Å². The van der Waals surface area contributed by atoms with E-state index in [-0.39, 0.29) is 35.8 Å². The molecule has 8 heteroatoms. The van der Waals surface area contributed by atoms with E-state index < -0.39 is 35.0 Å². The molecule has 2 heterocycles. The Hall–Kier alpha value is -4.72. The molecule has 2 aliphatic carbocycles. The first-order valence-electron chi connectivity index (χ1n) is 13.9. The summed E-state index contributed by atoms with van der Waals surface area (Å²) >= 11 is 0. The van der Waals surface area contributed by atoms with Gasteiger partial charge in [-0.25, -0.2) is 0 Å². The molecule has 3 aromatic rings. The zero-order valence-corrected chi connectivity index (χ0v) is 22.4. The Balaban J connectivity index is 1.45. The highest BCUT2D eigenvalue weighted by Crippen LogP contribution is 2.63. The average molecular weight is 548 g/mol. The third-order valence-electron chi connectivity index (χ3n) is 9.46. The maximum Gasteiger partial charge on any atom is 0.260 e. The van der Waals surface area contributed by atoms with Crippen LogP contribution in [0.1, 0.15) is 35.4 Å². The third kappa shape index (κ3) is 3.59. The number of carbonyl (C=O) groups is 4. The summed E-state index contributed by atoms with van der Waals surface area (Å²) in [5, 5.41) is 13.8. The van der Waals surface area contributed by atoms with Crippen LogP contribution in [0.5, 0.6) is 5.75 Å². The van der Waals surface area contributed by atoms with Crippen molar-refractivity contribution in [2.45, 2.75) is 31.1 Å². The smallest absolute Gasteiger partial charge is 0.260 e. The molecule has 3 aromatic carbocycles. The van der Waals surface area contributed by atoms with Gasteiger partial charge in [-0.05, 0) is 61.1 Å². The second-order valence-corrected chi connectivity index (χ2v) is 11.5. The van der Waals surface area contributed by atoms with Crippen LogP contribution in [-0.2, 0) is 24.6 Å². The van der Waals surface area contributed by atoms with Crippen LogP contribution in [0.15, 0.2) is 90.5 Å². The minimum atomic E-state index is -1.30. The summed E-state index contributed by atoms with van der Waals surface area (Å²) < 4.78 is 0. The number of carbonyl (C=O) groups excluding carboxylic acids is 4. The van der Waals surface area contributed by atoms with Crippen molar-refractivity contribution in [1.82, 2.24) is 10.3 Å². The monoisotopic (exact) mass is 547 g/mol. The van der Waals surface area contributed by atoms with Crippen LogP contribution in [0, 0.1) is 30.6 Å². The van der Waals surface area contributed by atoms with Gasteiger partial charge in [-0.3, -0.25) is 29.9 Å². The van der Waals surface area contributed by atoms with Crippen molar-refractivity contribution in [3.63, 3.8) is 0 Å². The summed E-state index contributed by atoms with van der Waals surface area (Å²) in [5.41, 5.74) is 5.80. The van der Waals surface area contributed by atoms with Crippen molar-refractivity contribution in [2.75, 3.05) is 5.43 Å². The van der Waals surface area contributed by atoms with Gasteiger partial charge in [0.05, 0.1) is 28.9 Å². The van der Waals surface area contributed by atoms with Gasteiger partial charge >= 0.3 is 0 Å². The topological polar surface area (TPSA) is 116 Å². The third-order valence-corrected chi connectivity index (χ3v) is 9.46. The number of phenols is 1. The Labute approximate surface area is 237 Å². The molecule has 6 atom stereocenters. The first-order valence-corrected chi connectivity index (χ1v) is 13.9. The van der Waals surface area contributed by atoms with E-state index in [1.54, 1.807) is 24.3 Å². The Bertz CT molecular complexity index is 1610. The van der Waals surface area contributed by atoms with Gasteiger partial charge in [-0.1, -0.05) is 71.8 Å². The maximum atomic E-state index is 14.8. The fraction of sp³-hybridized carbons (Fsp3) is 0.273. The SMILES string of the molecule is Cc1ccc(NN2C(=O)[C@@H]3C[C@@H]4C(=CC[C@@H]5C(=O)NC(=O)[C@@H]54)[C@H](c4ccc(O)cc4)[C@]3(c3ccccc3)C2=O)cc1. The zero-order chi connectivity index (χ0) is 28.5. The Morgan fingerprint density at radius 2 is 1.59 bits per heavy atom. The molecule has 0 aromatic heterocycles. The molecule has 0 bridgehead atoms. The van der Waals surface area contributed by atoms with E-state index in [4.69, 9.17) is 0 Å². The van der Waals surface area contributed by atoms with Crippen LogP contribution in [0.2, 0.25) is 0 Å². The highest BCUT2D eigenvalue weighted by Gasteiger charge is 2.69. The number of hydrogen-bond acceptors (Lipinski definition) is 6. The molecule has 206 valence electrons. The number of benzene rings is 3. The molecule has 4 aliphatic rings. The molecule has 2 aliphatic heterocycles. The Kier molecular flexibility index (Phi) is 5.64. The number of imide groups is 2. The Morgan fingerprint density at radius 3 is 2.29 bits per heavy atom. The number of phenolic OH excluding ortho intramolecular Hbond substituents is 1. The van der Waals surface area contributed by atoms with Gasteiger partial charge in [0, 0.05) is 5.92 Å². The number of rotatable bonds is 4.